The molecule has 4 aromatic rings. The molecule has 8 nitrogen and oxygen atoms in total. The largest absolute Gasteiger partial charge is 0.495 e. The van der Waals surface area contributed by atoms with Crippen molar-refractivity contribution in [2.24, 2.45) is 0 Å². The Labute approximate surface area is 175 Å². The van der Waals surface area contributed by atoms with E-state index in [0.29, 0.717) is 17.3 Å². The lowest BCUT2D eigenvalue weighted by atomic mass is 10.2. The molecule has 0 saturated heterocycles. The van der Waals surface area contributed by atoms with E-state index in [0.717, 1.165) is 10.5 Å². The van der Waals surface area contributed by atoms with Crippen molar-refractivity contribution in [1.82, 2.24) is 19.3 Å². The number of nitrogens with zero attached hydrogens (tertiary/aromatic N) is 4. The van der Waals surface area contributed by atoms with Gasteiger partial charge in [-0.25, -0.2) is 0 Å². The summed E-state index contributed by atoms with van der Waals surface area (Å²) < 4.78 is 13.0. The first-order valence-corrected chi connectivity index (χ1v) is 10.3. The van der Waals surface area contributed by atoms with E-state index in [2.05, 4.69) is 10.1 Å². The van der Waals surface area contributed by atoms with Crippen LogP contribution in [-0.2, 0) is 6.54 Å². The predicted molar refractivity (Wildman–Crippen MR) is 113 cm³/mol. The minimum Gasteiger partial charge on any atom is -0.495 e. The lowest BCUT2D eigenvalue weighted by Gasteiger charge is -2.11. The van der Waals surface area contributed by atoms with Crippen molar-refractivity contribution in [2.45, 2.75) is 11.4 Å². The maximum atomic E-state index is 12.6. The Morgan fingerprint density at radius 1 is 1.03 bits per heavy atom. The first-order chi connectivity index (χ1) is 14.6. The highest BCUT2D eigenvalue weighted by atomic mass is 32.2. The highest BCUT2D eigenvalue weighted by molar-refractivity contribution is 7.98. The molecule has 9 heteroatoms. The zero-order valence-corrected chi connectivity index (χ0v) is 17.1. The molecule has 0 aliphatic heterocycles. The quantitative estimate of drug-likeness (QED) is 0.348. The number of methoxy groups -OCH3 is 1. The molecule has 0 unspecified atom stereocenters. The smallest absolute Gasteiger partial charge is 0.321 e. The van der Waals surface area contributed by atoms with E-state index in [4.69, 9.17) is 9.26 Å². The monoisotopic (exact) mass is 422 g/mol. The van der Waals surface area contributed by atoms with Crippen molar-refractivity contribution in [2.75, 3.05) is 13.4 Å². The molecule has 0 atom stereocenters. The van der Waals surface area contributed by atoms with E-state index in [9.17, 15) is 9.59 Å². The lowest BCUT2D eigenvalue weighted by Crippen LogP contribution is -2.40. The molecule has 0 aliphatic rings. The normalized spacial score (nSPS) is 10.9. The van der Waals surface area contributed by atoms with Gasteiger partial charge in [0, 0.05) is 22.9 Å². The molecular formula is C21H18N4O4S. The van der Waals surface area contributed by atoms with Crippen molar-refractivity contribution in [3.63, 3.8) is 0 Å². The Bertz CT molecular complexity index is 1290. The molecular weight excluding hydrogens is 404 g/mol. The third kappa shape index (κ3) is 3.79. The van der Waals surface area contributed by atoms with Crippen LogP contribution in [0.4, 0.5) is 0 Å². The number of hydrogen-bond acceptors (Lipinski definition) is 7. The Kier molecular flexibility index (Phi) is 5.53. The van der Waals surface area contributed by atoms with Crippen LogP contribution in [0.1, 0.15) is 5.89 Å². The molecule has 0 amide bonds. The molecule has 2 heterocycles. The predicted octanol–water partition coefficient (Wildman–Crippen LogP) is 2.83. The fourth-order valence-corrected chi connectivity index (χ4v) is 3.38. The van der Waals surface area contributed by atoms with Gasteiger partial charge in [0.05, 0.1) is 12.8 Å². The van der Waals surface area contributed by atoms with Crippen LogP contribution < -0.4 is 15.9 Å². The van der Waals surface area contributed by atoms with Gasteiger partial charge in [0.25, 0.3) is 0 Å². The minimum atomic E-state index is -0.701. The van der Waals surface area contributed by atoms with Gasteiger partial charge in [-0.15, -0.1) is 11.8 Å². The van der Waals surface area contributed by atoms with E-state index in [1.165, 1.54) is 28.6 Å². The maximum absolute atomic E-state index is 12.6. The van der Waals surface area contributed by atoms with Crippen LogP contribution in [0.5, 0.6) is 5.75 Å². The zero-order valence-electron chi connectivity index (χ0n) is 16.3. The Hall–Kier alpha value is -3.59. The van der Waals surface area contributed by atoms with Crippen molar-refractivity contribution >= 4 is 11.8 Å². The summed E-state index contributed by atoms with van der Waals surface area (Å²) in [6.45, 7) is -0.00324. The third-order valence-electron chi connectivity index (χ3n) is 4.52. The van der Waals surface area contributed by atoms with E-state index in [1.807, 2.05) is 30.5 Å². The van der Waals surface area contributed by atoms with Gasteiger partial charge in [0.2, 0.25) is 11.7 Å². The SMILES string of the molecule is COc1ccccc1-n1ccn(Cc2nc(-c3ccc(SC)cc3)no2)c(=O)c1=O. The van der Waals surface area contributed by atoms with Crippen LogP contribution in [0.2, 0.25) is 0 Å². The molecule has 0 saturated carbocycles. The average Bonchev–Trinajstić information content (AvgIpc) is 3.26. The fourth-order valence-electron chi connectivity index (χ4n) is 2.97. The molecule has 0 bridgehead atoms. The van der Waals surface area contributed by atoms with Gasteiger partial charge >= 0.3 is 11.1 Å². The first-order valence-electron chi connectivity index (χ1n) is 9.03. The molecule has 4 rings (SSSR count). The Morgan fingerprint density at radius 2 is 1.80 bits per heavy atom. The molecule has 0 radical (unpaired) electrons. The maximum Gasteiger partial charge on any atom is 0.321 e. The van der Waals surface area contributed by atoms with E-state index in [-0.39, 0.29) is 12.4 Å². The number of aromatic nitrogens is 4. The van der Waals surface area contributed by atoms with E-state index < -0.39 is 11.1 Å². The van der Waals surface area contributed by atoms with Crippen LogP contribution in [0, 0.1) is 0 Å². The lowest BCUT2D eigenvalue weighted by molar-refractivity contribution is 0.369. The van der Waals surface area contributed by atoms with Gasteiger partial charge in [-0.1, -0.05) is 17.3 Å². The van der Waals surface area contributed by atoms with E-state index >= 15 is 0 Å². The van der Waals surface area contributed by atoms with Crippen molar-refractivity contribution in [1.29, 1.82) is 0 Å². The molecule has 0 fully saturated rings. The standard InChI is InChI=1S/C21H18N4O4S/c1-28-17-6-4-3-5-16(17)25-12-11-24(20(26)21(25)27)13-18-22-19(23-29-18)14-7-9-15(30-2)10-8-14/h3-12H,13H2,1-2H3. The summed E-state index contributed by atoms with van der Waals surface area (Å²) >= 11 is 1.64. The molecule has 2 aromatic carbocycles. The van der Waals surface area contributed by atoms with Crippen molar-refractivity contribution in [3.8, 4) is 22.8 Å². The summed E-state index contributed by atoms with van der Waals surface area (Å²) in [4.78, 5) is 30.7. The Morgan fingerprint density at radius 3 is 2.53 bits per heavy atom. The minimum absolute atomic E-state index is 0.00324. The summed E-state index contributed by atoms with van der Waals surface area (Å²) in [6.07, 6.45) is 5.02. The molecule has 0 aliphatic carbocycles. The number of hydrogen-bond donors (Lipinski definition) is 0. The highest BCUT2D eigenvalue weighted by Gasteiger charge is 2.14. The molecule has 152 valence electrons. The van der Waals surface area contributed by atoms with Crippen LogP contribution in [0.15, 0.2) is 79.9 Å². The summed E-state index contributed by atoms with van der Waals surface area (Å²) in [5.74, 6) is 1.15. The van der Waals surface area contributed by atoms with E-state index in [1.54, 1.807) is 36.0 Å². The summed E-state index contributed by atoms with van der Waals surface area (Å²) in [6, 6.07) is 14.7. The van der Waals surface area contributed by atoms with Crippen molar-refractivity contribution in [3.05, 3.63) is 87.5 Å². The topological polar surface area (TPSA) is 92.2 Å². The second kappa shape index (κ2) is 8.42. The van der Waals surface area contributed by atoms with Gasteiger partial charge in [-0.2, -0.15) is 4.98 Å². The highest BCUT2D eigenvalue weighted by Crippen LogP contribution is 2.21. The number of thioether (sulfide) groups is 1. The molecule has 2 aromatic heterocycles. The second-order valence-corrected chi connectivity index (χ2v) is 7.20. The molecule has 30 heavy (non-hydrogen) atoms. The van der Waals surface area contributed by atoms with Gasteiger partial charge in [-0.3, -0.25) is 18.7 Å². The van der Waals surface area contributed by atoms with Gasteiger partial charge in [0.1, 0.15) is 12.3 Å². The third-order valence-corrected chi connectivity index (χ3v) is 5.27. The van der Waals surface area contributed by atoms with Gasteiger partial charge in [-0.05, 0) is 42.7 Å². The van der Waals surface area contributed by atoms with Crippen molar-refractivity contribution < 1.29 is 9.26 Å². The van der Waals surface area contributed by atoms with Gasteiger partial charge in [0.15, 0.2) is 0 Å². The number of para-hydroxylation sites is 2. The second-order valence-electron chi connectivity index (χ2n) is 6.32. The number of rotatable bonds is 6. The molecule has 0 N–H and O–H groups in total. The molecule has 0 spiro atoms. The number of benzene rings is 2. The van der Waals surface area contributed by atoms with Crippen LogP contribution in [-0.4, -0.2) is 32.6 Å². The fraction of sp³-hybridized carbons (Fsp3) is 0.143. The van der Waals surface area contributed by atoms with Gasteiger partial charge < -0.3 is 9.26 Å². The zero-order chi connectivity index (χ0) is 21.1. The number of ether oxygens (including phenoxy) is 1. The first kappa shape index (κ1) is 19.7. The summed E-state index contributed by atoms with van der Waals surface area (Å²) in [5, 5.41) is 3.97. The summed E-state index contributed by atoms with van der Waals surface area (Å²) in [7, 11) is 1.51. The van der Waals surface area contributed by atoms with Crippen LogP contribution in [0.25, 0.3) is 17.1 Å². The summed E-state index contributed by atoms with van der Waals surface area (Å²) in [5.41, 5.74) is -0.105. The average molecular weight is 422 g/mol. The van der Waals surface area contributed by atoms with Crippen LogP contribution >= 0.6 is 11.8 Å². The van der Waals surface area contributed by atoms with Crippen LogP contribution in [0.3, 0.4) is 0 Å². The Balaban J connectivity index is 1.62.